The van der Waals surface area contributed by atoms with Crippen LogP contribution in [0.1, 0.15) is 39.5 Å². The molecule has 0 spiro atoms. The molecule has 3 amide bonds. The average Bonchev–Trinajstić information content (AvgIpc) is 2.99. The molecule has 1 saturated heterocycles. The monoisotopic (exact) mass is 379 g/mol. The molecule has 0 bridgehead atoms. The van der Waals surface area contributed by atoms with Crippen molar-refractivity contribution in [1.82, 2.24) is 10.6 Å². The highest BCUT2D eigenvalue weighted by molar-refractivity contribution is 5.96. The first-order valence-corrected chi connectivity index (χ1v) is 9.97. The zero-order chi connectivity index (χ0) is 19.6. The molecule has 1 aliphatic heterocycles. The maximum absolute atomic E-state index is 13.0. The van der Waals surface area contributed by atoms with Crippen LogP contribution in [0.5, 0.6) is 0 Å². The highest BCUT2D eigenvalue weighted by atomic mass is 19.1. The van der Waals surface area contributed by atoms with Crippen LogP contribution in [-0.4, -0.2) is 50.7 Å². The van der Waals surface area contributed by atoms with E-state index in [-0.39, 0.29) is 30.2 Å². The standard InChI is InChI=1S/C20H31FN4O2/c1-3-11-24(12-4-2)13-5-10-22-20(27)23-17-14-19(26)25(15-17)18-8-6-16(21)7-9-18/h6-9,17H,3-5,10-15H2,1-2H3,(H2,22,23,27)/p+1/t17-/m0/s1. The Morgan fingerprint density at radius 2 is 1.85 bits per heavy atom. The number of quaternary nitrogens is 1. The Hall–Kier alpha value is -2.15. The Morgan fingerprint density at radius 3 is 2.48 bits per heavy atom. The summed E-state index contributed by atoms with van der Waals surface area (Å²) in [5, 5.41) is 5.75. The Balaban J connectivity index is 1.70. The highest BCUT2D eigenvalue weighted by Crippen LogP contribution is 2.21. The fourth-order valence-electron chi connectivity index (χ4n) is 3.53. The van der Waals surface area contributed by atoms with E-state index >= 15 is 0 Å². The quantitative estimate of drug-likeness (QED) is 0.537. The smallest absolute Gasteiger partial charge is 0.315 e. The van der Waals surface area contributed by atoms with Crippen molar-refractivity contribution in [3.63, 3.8) is 0 Å². The third-order valence-electron chi connectivity index (χ3n) is 4.80. The lowest BCUT2D eigenvalue weighted by atomic mass is 10.2. The second-order valence-electron chi connectivity index (χ2n) is 7.14. The predicted octanol–water partition coefficient (Wildman–Crippen LogP) is 1.33. The number of carbonyl (C=O) groups is 2. The van der Waals surface area contributed by atoms with Gasteiger partial charge in [-0.2, -0.15) is 0 Å². The molecule has 27 heavy (non-hydrogen) atoms. The van der Waals surface area contributed by atoms with E-state index in [9.17, 15) is 14.0 Å². The molecule has 1 aromatic rings. The topological polar surface area (TPSA) is 65.9 Å². The number of carbonyl (C=O) groups excluding carboxylic acids is 2. The number of hydrogen-bond acceptors (Lipinski definition) is 2. The molecule has 7 heteroatoms. The lowest BCUT2D eigenvalue weighted by molar-refractivity contribution is -0.900. The van der Waals surface area contributed by atoms with Gasteiger partial charge in [-0.05, 0) is 37.1 Å². The van der Waals surface area contributed by atoms with Crippen LogP contribution in [0.25, 0.3) is 0 Å². The largest absolute Gasteiger partial charge is 0.338 e. The van der Waals surface area contributed by atoms with Crippen LogP contribution in [0, 0.1) is 5.82 Å². The molecule has 0 saturated carbocycles. The summed E-state index contributed by atoms with van der Waals surface area (Å²) in [4.78, 5) is 27.4. The van der Waals surface area contributed by atoms with Crippen molar-refractivity contribution < 1.29 is 18.9 Å². The summed E-state index contributed by atoms with van der Waals surface area (Å²) in [6, 6.07) is 5.36. The lowest BCUT2D eigenvalue weighted by Crippen LogP contribution is -3.12. The molecule has 2 rings (SSSR count). The molecule has 1 heterocycles. The van der Waals surface area contributed by atoms with Crippen molar-refractivity contribution in [3.05, 3.63) is 30.1 Å². The van der Waals surface area contributed by atoms with Crippen molar-refractivity contribution in [2.75, 3.05) is 37.6 Å². The van der Waals surface area contributed by atoms with E-state index in [2.05, 4.69) is 24.5 Å². The molecule has 150 valence electrons. The van der Waals surface area contributed by atoms with Gasteiger partial charge in [0.2, 0.25) is 5.91 Å². The third-order valence-corrected chi connectivity index (χ3v) is 4.80. The number of benzene rings is 1. The second kappa shape index (κ2) is 10.9. The summed E-state index contributed by atoms with van der Waals surface area (Å²) >= 11 is 0. The fourth-order valence-corrected chi connectivity index (χ4v) is 3.53. The minimum Gasteiger partial charge on any atom is -0.338 e. The summed E-state index contributed by atoms with van der Waals surface area (Å²) in [7, 11) is 0. The summed E-state index contributed by atoms with van der Waals surface area (Å²) in [5.41, 5.74) is 0.654. The summed E-state index contributed by atoms with van der Waals surface area (Å²) < 4.78 is 13.0. The fraction of sp³-hybridized carbons (Fsp3) is 0.600. The van der Waals surface area contributed by atoms with E-state index in [1.165, 1.54) is 38.1 Å². The number of halogens is 1. The minimum atomic E-state index is -0.335. The van der Waals surface area contributed by atoms with Crippen LogP contribution < -0.4 is 20.4 Å². The molecule has 0 radical (unpaired) electrons. The van der Waals surface area contributed by atoms with Crippen molar-refractivity contribution in [1.29, 1.82) is 0 Å². The van der Waals surface area contributed by atoms with Crippen LogP contribution in [0.15, 0.2) is 24.3 Å². The average molecular weight is 380 g/mol. The lowest BCUT2D eigenvalue weighted by Gasteiger charge is -2.19. The van der Waals surface area contributed by atoms with Gasteiger partial charge in [0, 0.05) is 31.6 Å². The van der Waals surface area contributed by atoms with Crippen LogP contribution in [0.4, 0.5) is 14.9 Å². The molecule has 0 aliphatic carbocycles. The third kappa shape index (κ3) is 6.82. The first kappa shape index (κ1) is 21.2. The SMILES string of the molecule is CCC[NH+](CCC)CCCNC(=O)N[C@H]1CC(=O)N(c2ccc(F)cc2)C1. The molecule has 1 atom stereocenters. The van der Waals surface area contributed by atoms with Crippen molar-refractivity contribution in [2.45, 2.75) is 45.6 Å². The summed E-state index contributed by atoms with van der Waals surface area (Å²) in [6.45, 7) is 8.82. The first-order valence-electron chi connectivity index (χ1n) is 9.97. The molecule has 6 nitrogen and oxygen atoms in total. The van der Waals surface area contributed by atoms with Gasteiger partial charge in [-0.15, -0.1) is 0 Å². The van der Waals surface area contributed by atoms with Crippen LogP contribution >= 0.6 is 0 Å². The number of nitrogens with one attached hydrogen (secondary N) is 3. The molecular formula is C20H32FN4O2+. The first-order chi connectivity index (χ1) is 13.0. The zero-order valence-corrected chi connectivity index (χ0v) is 16.4. The maximum atomic E-state index is 13.0. The van der Waals surface area contributed by atoms with Crippen molar-refractivity contribution >= 4 is 17.6 Å². The Morgan fingerprint density at radius 1 is 1.19 bits per heavy atom. The molecule has 1 fully saturated rings. The van der Waals surface area contributed by atoms with E-state index in [0.29, 0.717) is 18.8 Å². The Bertz CT molecular complexity index is 603. The molecule has 0 aromatic heterocycles. The predicted molar refractivity (Wildman–Crippen MR) is 104 cm³/mol. The normalized spacial score (nSPS) is 16.8. The van der Waals surface area contributed by atoms with Gasteiger partial charge < -0.3 is 20.4 Å². The van der Waals surface area contributed by atoms with E-state index in [4.69, 9.17) is 0 Å². The Labute approximate surface area is 161 Å². The van der Waals surface area contributed by atoms with Crippen LogP contribution in [0.3, 0.4) is 0 Å². The number of rotatable bonds is 10. The summed E-state index contributed by atoms with van der Waals surface area (Å²) in [6.07, 6.45) is 3.54. The molecule has 0 unspecified atom stereocenters. The molecule has 1 aliphatic rings. The van der Waals surface area contributed by atoms with Gasteiger partial charge in [0.05, 0.1) is 25.7 Å². The number of anilines is 1. The zero-order valence-electron chi connectivity index (χ0n) is 16.4. The maximum Gasteiger partial charge on any atom is 0.315 e. The second-order valence-corrected chi connectivity index (χ2v) is 7.14. The number of hydrogen-bond donors (Lipinski definition) is 3. The molecular weight excluding hydrogens is 347 g/mol. The number of urea groups is 1. The van der Waals surface area contributed by atoms with Gasteiger partial charge >= 0.3 is 6.03 Å². The van der Waals surface area contributed by atoms with Gasteiger partial charge in [0.1, 0.15) is 5.82 Å². The molecule has 3 N–H and O–H groups in total. The van der Waals surface area contributed by atoms with Crippen LogP contribution in [0.2, 0.25) is 0 Å². The van der Waals surface area contributed by atoms with Gasteiger partial charge in [0.25, 0.3) is 0 Å². The van der Waals surface area contributed by atoms with E-state index in [1.54, 1.807) is 21.9 Å². The van der Waals surface area contributed by atoms with E-state index in [1.807, 2.05) is 0 Å². The Kier molecular flexibility index (Phi) is 8.51. The highest BCUT2D eigenvalue weighted by Gasteiger charge is 2.31. The van der Waals surface area contributed by atoms with Crippen molar-refractivity contribution in [2.24, 2.45) is 0 Å². The number of nitrogens with zero attached hydrogens (tertiary/aromatic N) is 1. The van der Waals surface area contributed by atoms with Gasteiger partial charge in [0.15, 0.2) is 0 Å². The minimum absolute atomic E-state index is 0.0646. The number of amides is 3. The summed E-state index contributed by atoms with van der Waals surface area (Å²) in [5.74, 6) is -0.400. The van der Waals surface area contributed by atoms with E-state index in [0.717, 1.165) is 13.0 Å². The van der Waals surface area contributed by atoms with Gasteiger partial charge in [-0.1, -0.05) is 13.8 Å². The van der Waals surface area contributed by atoms with Crippen LogP contribution in [-0.2, 0) is 4.79 Å². The van der Waals surface area contributed by atoms with Crippen molar-refractivity contribution in [3.8, 4) is 0 Å². The van der Waals surface area contributed by atoms with Gasteiger partial charge in [-0.25, -0.2) is 9.18 Å². The van der Waals surface area contributed by atoms with Gasteiger partial charge in [-0.3, -0.25) is 4.79 Å². The van der Waals surface area contributed by atoms with E-state index < -0.39 is 0 Å². The molecule has 1 aromatic carbocycles.